The van der Waals surface area contributed by atoms with Crippen LogP contribution in [0.2, 0.25) is 0 Å². The molecule has 3 aromatic carbocycles. The van der Waals surface area contributed by atoms with Crippen LogP contribution < -0.4 is 15.0 Å². The van der Waals surface area contributed by atoms with Gasteiger partial charge in [-0.3, -0.25) is 4.79 Å². The third-order valence-electron chi connectivity index (χ3n) is 5.90. The second-order valence-electron chi connectivity index (χ2n) is 8.70. The number of ether oxygens (including phenoxy) is 2. The third-order valence-corrected chi connectivity index (χ3v) is 7.08. The predicted octanol–water partition coefficient (Wildman–Crippen LogP) is 6.82. The van der Waals surface area contributed by atoms with Gasteiger partial charge < -0.3 is 14.6 Å². The number of aryl methyl sites for hydroxylation is 1. The lowest BCUT2D eigenvalue weighted by atomic mass is 10.1. The quantitative estimate of drug-likeness (QED) is 0.178. The highest BCUT2D eigenvalue weighted by molar-refractivity contribution is 9.10. The molecule has 0 fully saturated rings. The molecule has 1 N–H and O–H groups in total. The molecule has 0 radical (unpaired) electrons. The fourth-order valence-electron chi connectivity index (χ4n) is 3.87. The van der Waals surface area contributed by atoms with Gasteiger partial charge in [0.2, 0.25) is 0 Å². The maximum atomic E-state index is 13.4. The molecule has 0 atom stereocenters. The summed E-state index contributed by atoms with van der Waals surface area (Å²) in [6.45, 7) is 4.62. The molecule has 4 aromatic rings. The number of unbranched alkanes of at least 4 members (excludes halogenated alkanes) is 1. The number of hydrogen-bond donors (Lipinski definition) is 1. The number of fused-ring (bicyclic) bond motifs is 1. The van der Waals surface area contributed by atoms with Crippen LogP contribution in [0.15, 0.2) is 73.4 Å². The van der Waals surface area contributed by atoms with E-state index in [4.69, 9.17) is 19.6 Å². The normalized spacial score (nSPS) is 11.3. The molecular weight excluding hydrogens is 630 g/mol. The molecule has 39 heavy (non-hydrogen) atoms. The van der Waals surface area contributed by atoms with Gasteiger partial charge in [0.25, 0.3) is 5.56 Å². The Morgan fingerprint density at radius 3 is 2.49 bits per heavy atom. The molecule has 8 nitrogen and oxygen atoms in total. The number of carboxylic acids is 1. The summed E-state index contributed by atoms with van der Waals surface area (Å²) >= 11 is 7.02. The van der Waals surface area contributed by atoms with Crippen molar-refractivity contribution >= 4 is 54.9 Å². The average Bonchev–Trinajstić information content (AvgIpc) is 2.92. The van der Waals surface area contributed by atoms with Gasteiger partial charge in [-0.05, 0) is 77.3 Å². The Balaban J connectivity index is 1.65. The van der Waals surface area contributed by atoms with Crippen LogP contribution in [-0.4, -0.2) is 33.6 Å². The van der Waals surface area contributed by atoms with E-state index in [0.717, 1.165) is 22.9 Å². The molecule has 0 aliphatic carbocycles. The van der Waals surface area contributed by atoms with Gasteiger partial charge in [-0.2, -0.15) is 9.78 Å². The first-order chi connectivity index (χ1) is 18.8. The molecule has 202 valence electrons. The largest absolute Gasteiger partial charge is 0.490 e. The molecule has 10 heteroatoms. The van der Waals surface area contributed by atoms with Crippen LogP contribution in [0.5, 0.6) is 11.5 Å². The topological polar surface area (TPSA) is 103 Å². The summed E-state index contributed by atoms with van der Waals surface area (Å²) in [5, 5.41) is 14.1. The Morgan fingerprint density at radius 2 is 1.79 bits per heavy atom. The zero-order valence-corrected chi connectivity index (χ0v) is 24.7. The highest BCUT2D eigenvalue weighted by Crippen LogP contribution is 2.34. The SMILES string of the molecule is CCCCc1nc2ccc(Br)cc2c(=O)n1N=Cc1cc(OCC)c(OCc2ccc(C(=O)O)cc2)cc1Br. The van der Waals surface area contributed by atoms with E-state index in [1.807, 2.05) is 19.1 Å². The summed E-state index contributed by atoms with van der Waals surface area (Å²) in [4.78, 5) is 29.2. The van der Waals surface area contributed by atoms with E-state index in [9.17, 15) is 9.59 Å². The van der Waals surface area contributed by atoms with Crippen LogP contribution in [-0.2, 0) is 13.0 Å². The van der Waals surface area contributed by atoms with E-state index in [-0.39, 0.29) is 17.7 Å². The number of benzene rings is 3. The Labute approximate surface area is 242 Å². The molecule has 0 aliphatic rings. The van der Waals surface area contributed by atoms with E-state index in [1.165, 1.54) is 16.8 Å². The summed E-state index contributed by atoms with van der Waals surface area (Å²) in [6, 6.07) is 15.5. The van der Waals surface area contributed by atoms with E-state index in [1.54, 1.807) is 36.5 Å². The van der Waals surface area contributed by atoms with Crippen molar-refractivity contribution in [1.29, 1.82) is 0 Å². The van der Waals surface area contributed by atoms with Crippen LogP contribution >= 0.6 is 31.9 Å². The van der Waals surface area contributed by atoms with Gasteiger partial charge in [-0.25, -0.2) is 9.78 Å². The van der Waals surface area contributed by atoms with Crippen molar-refractivity contribution in [2.24, 2.45) is 5.10 Å². The van der Waals surface area contributed by atoms with Crippen molar-refractivity contribution in [1.82, 2.24) is 9.66 Å². The Kier molecular flexibility index (Phi) is 9.53. The van der Waals surface area contributed by atoms with Gasteiger partial charge >= 0.3 is 5.97 Å². The first-order valence-electron chi connectivity index (χ1n) is 12.5. The highest BCUT2D eigenvalue weighted by Gasteiger charge is 2.14. The van der Waals surface area contributed by atoms with Gasteiger partial charge in [0, 0.05) is 20.9 Å². The number of hydrogen-bond acceptors (Lipinski definition) is 6. The molecular formula is C29H27Br2N3O5. The highest BCUT2D eigenvalue weighted by atomic mass is 79.9. The number of aromatic carboxylic acids is 1. The maximum absolute atomic E-state index is 13.4. The standard InChI is InChI=1S/C29H27Br2N3O5/c1-3-5-6-27-33-24-12-11-21(30)14-22(24)28(35)34(27)32-16-20-13-25(38-4-2)26(15-23(20)31)39-17-18-7-9-19(10-8-18)29(36)37/h7-16H,3-6,17H2,1-2H3,(H,36,37). The molecule has 1 aromatic heterocycles. The van der Waals surface area contributed by atoms with E-state index >= 15 is 0 Å². The Hall–Kier alpha value is -3.50. The molecule has 0 saturated carbocycles. The number of nitrogens with zero attached hydrogens (tertiary/aromatic N) is 3. The van der Waals surface area contributed by atoms with Crippen LogP contribution in [0.3, 0.4) is 0 Å². The number of aromatic nitrogens is 2. The zero-order valence-electron chi connectivity index (χ0n) is 21.5. The minimum Gasteiger partial charge on any atom is -0.490 e. The van der Waals surface area contributed by atoms with Crippen LogP contribution in [0, 0.1) is 0 Å². The van der Waals surface area contributed by atoms with Gasteiger partial charge in [-0.15, -0.1) is 0 Å². The monoisotopic (exact) mass is 655 g/mol. The van der Waals surface area contributed by atoms with Gasteiger partial charge in [-0.1, -0.05) is 41.4 Å². The summed E-state index contributed by atoms with van der Waals surface area (Å²) in [5.74, 6) is 0.655. The molecule has 0 amide bonds. The van der Waals surface area contributed by atoms with Crippen LogP contribution in [0.1, 0.15) is 54.0 Å². The zero-order chi connectivity index (χ0) is 27.9. The molecule has 0 saturated heterocycles. The van der Waals surface area contributed by atoms with Crippen molar-refractivity contribution in [3.05, 3.63) is 96.4 Å². The van der Waals surface area contributed by atoms with Crippen molar-refractivity contribution in [3.63, 3.8) is 0 Å². The smallest absolute Gasteiger partial charge is 0.335 e. The predicted molar refractivity (Wildman–Crippen MR) is 158 cm³/mol. The van der Waals surface area contributed by atoms with E-state index in [0.29, 0.717) is 51.3 Å². The summed E-state index contributed by atoms with van der Waals surface area (Å²) in [5.41, 5.74) is 2.13. The lowest BCUT2D eigenvalue weighted by Gasteiger charge is -2.14. The first kappa shape index (κ1) is 28.5. The molecule has 1 heterocycles. The minimum absolute atomic E-state index is 0.214. The molecule has 0 spiro atoms. The van der Waals surface area contributed by atoms with Crippen molar-refractivity contribution in [3.8, 4) is 11.5 Å². The Bertz CT molecular complexity index is 1580. The summed E-state index contributed by atoms with van der Waals surface area (Å²) in [7, 11) is 0. The third kappa shape index (κ3) is 6.93. The second kappa shape index (κ2) is 13.0. The minimum atomic E-state index is -0.977. The summed E-state index contributed by atoms with van der Waals surface area (Å²) < 4.78 is 14.7. The molecule has 0 aliphatic heterocycles. The second-order valence-corrected chi connectivity index (χ2v) is 10.5. The number of carboxylic acid groups (broad SMARTS) is 1. The van der Waals surface area contributed by atoms with E-state index in [2.05, 4.69) is 43.9 Å². The lowest BCUT2D eigenvalue weighted by molar-refractivity contribution is 0.0697. The number of halogens is 2. The maximum Gasteiger partial charge on any atom is 0.335 e. The Morgan fingerprint density at radius 1 is 1.05 bits per heavy atom. The number of carbonyl (C=O) groups is 1. The van der Waals surface area contributed by atoms with Crippen LogP contribution in [0.4, 0.5) is 0 Å². The fourth-order valence-corrected chi connectivity index (χ4v) is 4.65. The van der Waals surface area contributed by atoms with Crippen LogP contribution in [0.25, 0.3) is 10.9 Å². The van der Waals surface area contributed by atoms with Crippen molar-refractivity contribution in [2.75, 3.05) is 6.61 Å². The molecule has 4 rings (SSSR count). The lowest BCUT2D eigenvalue weighted by Crippen LogP contribution is -2.22. The van der Waals surface area contributed by atoms with Gasteiger partial charge in [0.05, 0.1) is 29.3 Å². The first-order valence-corrected chi connectivity index (χ1v) is 14.1. The van der Waals surface area contributed by atoms with Gasteiger partial charge in [0.15, 0.2) is 11.5 Å². The molecule has 0 unspecified atom stereocenters. The van der Waals surface area contributed by atoms with Crippen molar-refractivity contribution < 1.29 is 19.4 Å². The average molecular weight is 657 g/mol. The molecule has 0 bridgehead atoms. The van der Waals surface area contributed by atoms with E-state index < -0.39 is 5.97 Å². The number of rotatable bonds is 11. The van der Waals surface area contributed by atoms with Gasteiger partial charge in [0.1, 0.15) is 12.4 Å². The van der Waals surface area contributed by atoms with Crippen molar-refractivity contribution in [2.45, 2.75) is 39.7 Å². The summed E-state index contributed by atoms with van der Waals surface area (Å²) in [6.07, 6.45) is 4.07. The fraction of sp³-hybridized carbons (Fsp3) is 0.241.